The lowest BCUT2D eigenvalue weighted by Crippen LogP contribution is -2.58. The fourth-order valence-corrected chi connectivity index (χ4v) is 4.95. The van der Waals surface area contributed by atoms with Gasteiger partial charge in [-0.25, -0.2) is 4.79 Å². The van der Waals surface area contributed by atoms with Gasteiger partial charge in [0.1, 0.15) is 24.2 Å². The molecule has 1 heterocycles. The molecule has 1 aliphatic heterocycles. The molecule has 0 bridgehead atoms. The number of cyclic esters (lactones) is 1. The van der Waals surface area contributed by atoms with E-state index in [1.807, 2.05) is 34.6 Å². The van der Waals surface area contributed by atoms with Crippen LogP contribution in [0.15, 0.2) is 0 Å². The minimum Gasteiger partial charge on any atom is -0.458 e. The third-order valence-electron chi connectivity index (χ3n) is 7.01. The van der Waals surface area contributed by atoms with E-state index in [0.29, 0.717) is 12.3 Å². The van der Waals surface area contributed by atoms with E-state index in [1.54, 1.807) is 21.0 Å². The van der Waals surface area contributed by atoms with E-state index in [1.165, 1.54) is 9.80 Å². The molecule has 3 unspecified atom stereocenters. The van der Waals surface area contributed by atoms with Gasteiger partial charge < -0.3 is 19.9 Å². The summed E-state index contributed by atoms with van der Waals surface area (Å²) in [5, 5.41) is 2.82. The number of hydrogen-bond donors (Lipinski definition) is 1. The molecule has 1 fully saturated rings. The highest BCUT2D eigenvalue weighted by atomic mass is 16.5. The van der Waals surface area contributed by atoms with Gasteiger partial charge in [-0.3, -0.25) is 14.4 Å². The molecule has 6 atom stereocenters. The second-order valence-corrected chi connectivity index (χ2v) is 11.2. The Bertz CT molecular complexity index is 738. The van der Waals surface area contributed by atoms with Crippen molar-refractivity contribution in [2.24, 2.45) is 23.7 Å². The van der Waals surface area contributed by atoms with Crippen molar-refractivity contribution in [2.45, 2.75) is 112 Å². The first-order valence-corrected chi connectivity index (χ1v) is 13.3. The summed E-state index contributed by atoms with van der Waals surface area (Å²) in [6.07, 6.45) is 3.77. The molecule has 0 saturated carbocycles. The second-order valence-electron chi connectivity index (χ2n) is 11.2. The van der Waals surface area contributed by atoms with E-state index in [4.69, 9.17) is 4.74 Å². The molecule has 1 saturated heterocycles. The normalized spacial score (nSPS) is 23.5. The molecule has 1 aliphatic rings. The first-order valence-electron chi connectivity index (χ1n) is 13.3. The molecule has 1 rings (SSSR count). The Balaban J connectivity index is 3.05. The van der Waals surface area contributed by atoms with Crippen LogP contribution in [0.4, 0.5) is 0 Å². The van der Waals surface area contributed by atoms with Gasteiger partial charge in [0.05, 0.1) is 0 Å². The number of ether oxygens (including phenoxy) is 1. The molecule has 1 N–H and O–H groups in total. The Hall–Kier alpha value is -2.12. The number of hydrogen-bond acceptors (Lipinski definition) is 5. The predicted octanol–water partition coefficient (Wildman–Crippen LogP) is 3.63. The number of nitrogens with zero attached hydrogens (tertiary/aromatic N) is 2. The van der Waals surface area contributed by atoms with E-state index in [9.17, 15) is 19.2 Å². The summed E-state index contributed by atoms with van der Waals surface area (Å²) in [6.45, 7) is 15.6. The number of esters is 1. The van der Waals surface area contributed by atoms with Gasteiger partial charge >= 0.3 is 5.97 Å². The summed E-state index contributed by atoms with van der Waals surface area (Å²) in [5.74, 6) is -1.06. The smallest absolute Gasteiger partial charge is 0.329 e. The maximum Gasteiger partial charge on any atom is 0.329 e. The van der Waals surface area contributed by atoms with E-state index >= 15 is 0 Å². The first-order chi connectivity index (χ1) is 16.2. The highest BCUT2D eigenvalue weighted by Crippen LogP contribution is 2.23. The van der Waals surface area contributed by atoms with Crippen molar-refractivity contribution in [1.82, 2.24) is 15.1 Å². The zero-order valence-corrected chi connectivity index (χ0v) is 23.6. The monoisotopic (exact) mass is 495 g/mol. The maximum atomic E-state index is 13.5. The molecule has 0 spiro atoms. The van der Waals surface area contributed by atoms with Gasteiger partial charge in [0.2, 0.25) is 17.7 Å². The number of unbranched alkanes of at least 4 members (excludes halogenated alkanes) is 1. The van der Waals surface area contributed by atoms with Crippen LogP contribution in [-0.4, -0.2) is 71.8 Å². The molecule has 3 amide bonds. The van der Waals surface area contributed by atoms with Crippen LogP contribution in [0.3, 0.4) is 0 Å². The summed E-state index contributed by atoms with van der Waals surface area (Å²) in [7, 11) is 3.23. The second kappa shape index (κ2) is 13.8. The van der Waals surface area contributed by atoms with E-state index in [-0.39, 0.29) is 29.6 Å². The Morgan fingerprint density at radius 2 is 1.69 bits per heavy atom. The Labute approximate surface area is 212 Å². The SMILES string of the molecule is CCCCC(C)CC(C)C(=O)N(C)[C@@H](CC(C)C)C(=O)N[C@@H]1C(=O)N(C)[C@@H](C(C)C)C(=O)OC1C. The fourth-order valence-electron chi connectivity index (χ4n) is 4.95. The van der Waals surface area contributed by atoms with Crippen molar-refractivity contribution in [2.75, 3.05) is 14.1 Å². The molecule has 0 aliphatic carbocycles. The zero-order valence-electron chi connectivity index (χ0n) is 23.6. The highest BCUT2D eigenvalue weighted by molar-refractivity contribution is 5.95. The fraction of sp³-hybridized carbons (Fsp3) is 0.852. The van der Waals surface area contributed by atoms with Crippen LogP contribution in [0.5, 0.6) is 0 Å². The molecule has 0 radical (unpaired) electrons. The van der Waals surface area contributed by atoms with Crippen molar-refractivity contribution in [3.63, 3.8) is 0 Å². The van der Waals surface area contributed by atoms with Crippen LogP contribution in [0, 0.1) is 23.7 Å². The minimum atomic E-state index is -1.01. The van der Waals surface area contributed by atoms with Crippen molar-refractivity contribution < 1.29 is 23.9 Å². The molecule has 202 valence electrons. The summed E-state index contributed by atoms with van der Waals surface area (Å²) >= 11 is 0. The maximum absolute atomic E-state index is 13.5. The van der Waals surface area contributed by atoms with Gasteiger partial charge in [0.25, 0.3) is 0 Å². The van der Waals surface area contributed by atoms with Gasteiger partial charge in [-0.2, -0.15) is 0 Å². The van der Waals surface area contributed by atoms with Gasteiger partial charge in [-0.1, -0.05) is 67.7 Å². The molecule has 0 aromatic carbocycles. The lowest BCUT2D eigenvalue weighted by atomic mass is 9.91. The summed E-state index contributed by atoms with van der Waals surface area (Å²) < 4.78 is 5.53. The third-order valence-corrected chi connectivity index (χ3v) is 7.01. The van der Waals surface area contributed by atoms with E-state index in [0.717, 1.165) is 25.7 Å². The van der Waals surface area contributed by atoms with Gasteiger partial charge in [-0.05, 0) is 37.5 Å². The number of amides is 3. The van der Waals surface area contributed by atoms with Crippen molar-refractivity contribution in [1.29, 1.82) is 0 Å². The largest absolute Gasteiger partial charge is 0.458 e. The Kier molecular flexibility index (Phi) is 12.2. The molecule has 35 heavy (non-hydrogen) atoms. The number of rotatable bonds is 12. The average Bonchev–Trinajstić information content (AvgIpc) is 2.84. The topological polar surface area (TPSA) is 96.0 Å². The average molecular weight is 496 g/mol. The van der Waals surface area contributed by atoms with Crippen molar-refractivity contribution in [3.05, 3.63) is 0 Å². The summed E-state index contributed by atoms with van der Waals surface area (Å²) in [6, 6.07) is -2.44. The Morgan fingerprint density at radius 3 is 2.20 bits per heavy atom. The van der Waals surface area contributed by atoms with E-state index in [2.05, 4.69) is 19.2 Å². The van der Waals surface area contributed by atoms with Gasteiger partial charge in [-0.15, -0.1) is 0 Å². The number of carbonyl (C=O) groups excluding carboxylic acids is 4. The molecule has 0 aromatic rings. The summed E-state index contributed by atoms with van der Waals surface area (Å²) in [5.41, 5.74) is 0. The van der Waals surface area contributed by atoms with E-state index < -0.39 is 36.1 Å². The van der Waals surface area contributed by atoms with Crippen LogP contribution in [-0.2, 0) is 23.9 Å². The van der Waals surface area contributed by atoms with Gasteiger partial charge in [0.15, 0.2) is 0 Å². The van der Waals surface area contributed by atoms with Crippen molar-refractivity contribution in [3.8, 4) is 0 Å². The zero-order chi connectivity index (χ0) is 27.0. The summed E-state index contributed by atoms with van der Waals surface area (Å²) in [4.78, 5) is 55.4. The van der Waals surface area contributed by atoms with Crippen LogP contribution in [0.1, 0.15) is 87.5 Å². The minimum absolute atomic E-state index is 0.0715. The van der Waals surface area contributed by atoms with Crippen LogP contribution in [0.25, 0.3) is 0 Å². The quantitative estimate of drug-likeness (QED) is 0.417. The lowest BCUT2D eigenvalue weighted by molar-refractivity contribution is -0.154. The number of carbonyl (C=O) groups is 4. The Morgan fingerprint density at radius 1 is 1.09 bits per heavy atom. The highest BCUT2D eigenvalue weighted by Gasteiger charge is 2.44. The number of likely N-dealkylation sites (N-methyl/N-ethyl adjacent to an activating group) is 2. The van der Waals surface area contributed by atoms with Crippen LogP contribution in [0.2, 0.25) is 0 Å². The molecule has 8 heteroatoms. The third kappa shape index (κ3) is 8.50. The number of nitrogens with one attached hydrogen (secondary N) is 1. The predicted molar refractivity (Wildman–Crippen MR) is 137 cm³/mol. The molecule has 8 nitrogen and oxygen atoms in total. The molecular formula is C27H49N3O5. The molecular weight excluding hydrogens is 446 g/mol. The lowest BCUT2D eigenvalue weighted by Gasteiger charge is -2.33. The van der Waals surface area contributed by atoms with Crippen LogP contribution < -0.4 is 5.32 Å². The molecule has 0 aromatic heterocycles. The van der Waals surface area contributed by atoms with Crippen LogP contribution >= 0.6 is 0 Å². The van der Waals surface area contributed by atoms with Gasteiger partial charge in [0, 0.05) is 20.0 Å². The first kappa shape index (κ1) is 30.9. The standard InChI is InChI=1S/C27H49N3O5/c1-11-12-13-18(6)15-19(7)25(32)29(9)21(14-16(2)3)24(31)28-22-20(8)35-27(34)23(17(4)5)30(10)26(22)33/h16-23H,11-15H2,1-10H3,(H,28,31)/t18?,19?,20?,21-,22-,23-/m0/s1. The van der Waals surface area contributed by atoms with Crippen molar-refractivity contribution >= 4 is 23.7 Å².